The number of rotatable bonds is 5. The lowest BCUT2D eigenvalue weighted by Gasteiger charge is -2.37. The average molecular weight is 411 g/mol. The number of halogens is 1. The maximum absolute atomic E-state index is 6.39. The third kappa shape index (κ3) is 4.30. The van der Waals surface area contributed by atoms with Crippen LogP contribution < -0.4 is 25.6 Å². The SMILES string of the molecule is COc1ccc(N2CCN(c3ncnc(Nc4cccc(Cl)c4)c3N)CC2)cc1. The lowest BCUT2D eigenvalue weighted by atomic mass is 10.2. The van der Waals surface area contributed by atoms with E-state index in [-0.39, 0.29) is 0 Å². The third-order valence-electron chi connectivity index (χ3n) is 4.97. The van der Waals surface area contributed by atoms with E-state index in [9.17, 15) is 0 Å². The Hall–Kier alpha value is -3.19. The zero-order valence-corrected chi connectivity index (χ0v) is 16.9. The molecule has 1 saturated heterocycles. The molecule has 3 aromatic rings. The first-order chi connectivity index (χ1) is 14.1. The molecule has 0 amide bonds. The van der Waals surface area contributed by atoms with E-state index in [2.05, 4.69) is 37.2 Å². The molecule has 0 spiro atoms. The highest BCUT2D eigenvalue weighted by molar-refractivity contribution is 6.30. The van der Waals surface area contributed by atoms with E-state index in [1.54, 1.807) is 7.11 Å². The van der Waals surface area contributed by atoms with Gasteiger partial charge in [-0.1, -0.05) is 17.7 Å². The minimum absolute atomic E-state index is 0.533. The Balaban J connectivity index is 1.45. The van der Waals surface area contributed by atoms with E-state index in [0.29, 0.717) is 16.5 Å². The molecule has 1 aliphatic heterocycles. The molecule has 0 bridgehead atoms. The number of nitrogens with two attached hydrogens (primary N) is 1. The highest BCUT2D eigenvalue weighted by Crippen LogP contribution is 2.30. The van der Waals surface area contributed by atoms with Crippen LogP contribution in [0.4, 0.5) is 28.7 Å². The summed E-state index contributed by atoms with van der Waals surface area (Å²) in [5, 5.41) is 3.88. The van der Waals surface area contributed by atoms with Gasteiger partial charge < -0.3 is 25.6 Å². The molecule has 0 radical (unpaired) electrons. The molecule has 2 aromatic carbocycles. The van der Waals surface area contributed by atoms with Gasteiger partial charge in [-0.05, 0) is 42.5 Å². The Morgan fingerprint density at radius 2 is 1.72 bits per heavy atom. The maximum Gasteiger partial charge on any atom is 0.159 e. The lowest BCUT2D eigenvalue weighted by Crippen LogP contribution is -2.47. The Kier molecular flexibility index (Phi) is 5.57. The summed E-state index contributed by atoms with van der Waals surface area (Å²) in [5.41, 5.74) is 8.94. The molecule has 7 nitrogen and oxygen atoms in total. The van der Waals surface area contributed by atoms with Crippen LogP contribution in [0.1, 0.15) is 0 Å². The van der Waals surface area contributed by atoms with Gasteiger partial charge in [0.05, 0.1) is 7.11 Å². The van der Waals surface area contributed by atoms with Crippen molar-refractivity contribution in [1.82, 2.24) is 9.97 Å². The number of benzene rings is 2. The molecule has 3 N–H and O–H groups in total. The molecule has 0 aliphatic carbocycles. The van der Waals surface area contributed by atoms with Crippen molar-refractivity contribution in [2.75, 3.05) is 54.1 Å². The van der Waals surface area contributed by atoms with Crippen molar-refractivity contribution in [3.8, 4) is 5.75 Å². The van der Waals surface area contributed by atoms with Crippen LogP contribution in [0, 0.1) is 0 Å². The number of nitrogen functional groups attached to an aromatic ring is 1. The molecule has 1 fully saturated rings. The topological polar surface area (TPSA) is 79.5 Å². The Labute approximate surface area is 175 Å². The quantitative estimate of drug-likeness (QED) is 0.662. The van der Waals surface area contributed by atoms with Gasteiger partial charge in [-0.15, -0.1) is 0 Å². The van der Waals surface area contributed by atoms with E-state index in [1.807, 2.05) is 36.4 Å². The first kappa shape index (κ1) is 19.1. The number of nitrogens with zero attached hydrogens (tertiary/aromatic N) is 4. The van der Waals surface area contributed by atoms with E-state index in [0.717, 1.165) is 43.4 Å². The Morgan fingerprint density at radius 3 is 2.41 bits per heavy atom. The van der Waals surface area contributed by atoms with E-state index >= 15 is 0 Å². The third-order valence-corrected chi connectivity index (χ3v) is 5.20. The summed E-state index contributed by atoms with van der Waals surface area (Å²) < 4.78 is 5.24. The smallest absolute Gasteiger partial charge is 0.159 e. The molecule has 1 aliphatic rings. The number of anilines is 5. The summed E-state index contributed by atoms with van der Waals surface area (Å²) in [4.78, 5) is 13.3. The van der Waals surface area contributed by atoms with Gasteiger partial charge in [-0.2, -0.15) is 0 Å². The molecule has 150 valence electrons. The zero-order chi connectivity index (χ0) is 20.2. The molecular formula is C21H23ClN6O. The van der Waals surface area contributed by atoms with Crippen LogP contribution in [0.3, 0.4) is 0 Å². The van der Waals surface area contributed by atoms with Crippen molar-refractivity contribution in [3.63, 3.8) is 0 Å². The number of aromatic nitrogens is 2. The fourth-order valence-electron chi connectivity index (χ4n) is 3.41. The van der Waals surface area contributed by atoms with Crippen LogP contribution in [0.5, 0.6) is 5.75 Å². The first-order valence-electron chi connectivity index (χ1n) is 9.41. The monoisotopic (exact) mass is 410 g/mol. The van der Waals surface area contributed by atoms with Gasteiger partial charge in [0.1, 0.15) is 17.8 Å². The molecule has 29 heavy (non-hydrogen) atoms. The fourth-order valence-corrected chi connectivity index (χ4v) is 3.60. The average Bonchev–Trinajstić information content (AvgIpc) is 2.76. The van der Waals surface area contributed by atoms with Crippen molar-refractivity contribution in [2.24, 2.45) is 0 Å². The maximum atomic E-state index is 6.39. The number of hydrogen-bond acceptors (Lipinski definition) is 7. The predicted octanol–water partition coefficient (Wildman–Crippen LogP) is 3.79. The minimum atomic E-state index is 0.533. The largest absolute Gasteiger partial charge is 0.497 e. The molecule has 0 saturated carbocycles. The van der Waals surface area contributed by atoms with Gasteiger partial charge in [-0.3, -0.25) is 0 Å². The molecule has 4 rings (SSSR count). The summed E-state index contributed by atoms with van der Waals surface area (Å²) in [5.74, 6) is 2.19. The molecule has 8 heteroatoms. The van der Waals surface area contributed by atoms with Crippen molar-refractivity contribution in [2.45, 2.75) is 0 Å². The van der Waals surface area contributed by atoms with Crippen LogP contribution in [0.2, 0.25) is 5.02 Å². The van der Waals surface area contributed by atoms with Crippen molar-refractivity contribution >= 4 is 40.3 Å². The number of piperazine rings is 1. The molecule has 0 unspecified atom stereocenters. The van der Waals surface area contributed by atoms with Crippen LogP contribution in [-0.2, 0) is 0 Å². The normalized spacial score (nSPS) is 14.0. The van der Waals surface area contributed by atoms with Crippen LogP contribution in [0.15, 0.2) is 54.9 Å². The summed E-state index contributed by atoms with van der Waals surface area (Å²) in [7, 11) is 1.68. The number of nitrogens with one attached hydrogen (secondary N) is 1. The second-order valence-corrected chi connectivity index (χ2v) is 7.20. The predicted molar refractivity (Wildman–Crippen MR) is 119 cm³/mol. The van der Waals surface area contributed by atoms with Crippen molar-refractivity contribution < 1.29 is 4.74 Å². The van der Waals surface area contributed by atoms with Gasteiger partial charge in [0.25, 0.3) is 0 Å². The fraction of sp³-hybridized carbons (Fsp3) is 0.238. The van der Waals surface area contributed by atoms with Crippen molar-refractivity contribution in [3.05, 3.63) is 59.9 Å². The van der Waals surface area contributed by atoms with Gasteiger partial charge in [-0.25, -0.2) is 9.97 Å². The summed E-state index contributed by atoms with van der Waals surface area (Å²) in [6.07, 6.45) is 1.54. The van der Waals surface area contributed by atoms with Crippen LogP contribution in [0.25, 0.3) is 0 Å². The number of ether oxygens (including phenoxy) is 1. The van der Waals surface area contributed by atoms with Crippen LogP contribution >= 0.6 is 11.6 Å². The highest BCUT2D eigenvalue weighted by atomic mass is 35.5. The first-order valence-corrected chi connectivity index (χ1v) is 9.79. The highest BCUT2D eigenvalue weighted by Gasteiger charge is 2.21. The summed E-state index contributed by atoms with van der Waals surface area (Å²) in [6, 6.07) is 15.6. The van der Waals surface area contributed by atoms with Gasteiger partial charge in [0.2, 0.25) is 0 Å². The lowest BCUT2D eigenvalue weighted by molar-refractivity contribution is 0.415. The van der Waals surface area contributed by atoms with E-state index < -0.39 is 0 Å². The zero-order valence-electron chi connectivity index (χ0n) is 16.2. The summed E-state index contributed by atoms with van der Waals surface area (Å²) in [6.45, 7) is 3.41. The van der Waals surface area contributed by atoms with Gasteiger partial charge >= 0.3 is 0 Å². The second-order valence-electron chi connectivity index (χ2n) is 6.77. The number of methoxy groups -OCH3 is 1. The molecular weight excluding hydrogens is 388 g/mol. The minimum Gasteiger partial charge on any atom is -0.497 e. The molecule has 2 heterocycles. The van der Waals surface area contributed by atoms with Gasteiger partial charge in [0, 0.05) is 42.6 Å². The van der Waals surface area contributed by atoms with Gasteiger partial charge in [0.15, 0.2) is 11.6 Å². The number of hydrogen-bond donors (Lipinski definition) is 2. The van der Waals surface area contributed by atoms with Crippen molar-refractivity contribution in [1.29, 1.82) is 0 Å². The Bertz CT molecular complexity index is 973. The standard InChI is InChI=1S/C21H23ClN6O/c1-29-18-7-5-17(6-8-18)27-9-11-28(12-10-27)21-19(23)20(24-14-25-21)26-16-4-2-3-15(22)13-16/h2-8,13-14H,9-12,23H2,1H3,(H,24,25,26). The summed E-state index contributed by atoms with van der Waals surface area (Å²) >= 11 is 6.06. The molecule has 0 atom stereocenters. The Morgan fingerprint density at radius 1 is 1.00 bits per heavy atom. The van der Waals surface area contributed by atoms with Crippen LogP contribution in [-0.4, -0.2) is 43.3 Å². The van der Waals surface area contributed by atoms with E-state index in [4.69, 9.17) is 22.1 Å². The molecule has 1 aromatic heterocycles. The second kappa shape index (κ2) is 8.45. The van der Waals surface area contributed by atoms with E-state index in [1.165, 1.54) is 12.0 Å².